The number of fused-ring (bicyclic) bond motifs is 1. The predicted molar refractivity (Wildman–Crippen MR) is 136 cm³/mol. The first-order valence-corrected chi connectivity index (χ1v) is 13.7. The third-order valence-corrected chi connectivity index (χ3v) is 7.25. The second kappa shape index (κ2) is 13.2. The number of aromatic hydroxyl groups is 1. The minimum absolute atomic E-state index is 0. The number of aryl methyl sites for hydroxylation is 2. The monoisotopic (exact) mass is 599 g/mol. The van der Waals surface area contributed by atoms with Gasteiger partial charge in [-0.05, 0) is 66.8 Å². The van der Waals surface area contributed by atoms with Crippen LogP contribution < -0.4 is 64.4 Å². The first kappa shape index (κ1) is 34.0. The van der Waals surface area contributed by atoms with Crippen molar-refractivity contribution in [3.63, 3.8) is 0 Å². The van der Waals surface area contributed by atoms with Crippen LogP contribution in [0.3, 0.4) is 0 Å². The van der Waals surface area contributed by atoms with E-state index >= 15 is 0 Å². The van der Waals surface area contributed by atoms with Crippen molar-refractivity contribution in [3.05, 3.63) is 83.4 Å². The molecule has 0 fully saturated rings. The van der Waals surface area contributed by atoms with E-state index in [0.717, 1.165) is 23.8 Å². The van der Waals surface area contributed by atoms with Gasteiger partial charge in [-0.1, -0.05) is 30.3 Å². The van der Waals surface area contributed by atoms with Crippen molar-refractivity contribution >= 4 is 54.0 Å². The molecule has 0 aliphatic rings. The molecule has 0 heterocycles. The molecule has 2 N–H and O–H groups in total. The van der Waals surface area contributed by atoms with Crippen LogP contribution in [0.25, 0.3) is 10.8 Å². The summed E-state index contributed by atoms with van der Waals surface area (Å²) >= 11 is 0. The number of carbonyl (C=O) groups excluding carboxylic acids is 1. The molecule has 0 aliphatic heterocycles. The Balaban J connectivity index is 0.00000280. The van der Waals surface area contributed by atoms with Crippen LogP contribution in [-0.4, -0.2) is 37.0 Å². The quantitative estimate of drug-likeness (QED) is 0.154. The van der Waals surface area contributed by atoms with Crippen molar-refractivity contribution in [2.24, 2.45) is 10.2 Å². The number of phenolic OH excluding ortho intramolecular Hbond substituents is 1. The molecule has 15 heteroatoms. The van der Waals surface area contributed by atoms with Crippen LogP contribution in [0.4, 0.5) is 17.1 Å². The van der Waals surface area contributed by atoms with E-state index in [1.54, 1.807) is 44.2 Å². The number of nitrogens with zero attached hydrogens (tertiary/aromatic N) is 2. The number of rotatable bonds is 6. The number of phenols is 1. The fourth-order valence-corrected chi connectivity index (χ4v) is 4.88. The van der Waals surface area contributed by atoms with E-state index in [0.29, 0.717) is 11.3 Å². The molecular weight excluding hydrogens is 580 g/mol. The number of azo groups is 1. The van der Waals surface area contributed by atoms with Crippen LogP contribution in [0.15, 0.2) is 86.7 Å². The van der Waals surface area contributed by atoms with Crippen LogP contribution in [0.2, 0.25) is 0 Å². The average molecular weight is 600 g/mol. The molecule has 0 bridgehead atoms. The molecule has 0 unspecified atom stereocenters. The standard InChI is InChI=1S/C25H21N3O8S2.2Na/c1-14-8-9-15(2)19(10-14)27-28-23-21(38(34,35)36)12-17-11-18(37(31,32)33)13-20(22(17)24(23)29)26-25(30)16-6-4-3-5-7-16;;/h3-13,29H,1-2H3,(H,26,30)(H,31,32,33)(H,34,35,36);;/q;2*+1/p-2. The number of carbonyl (C=O) groups is 1. The number of hydrogen-bond acceptors (Lipinski definition) is 10. The zero-order valence-corrected chi connectivity index (χ0v) is 27.5. The van der Waals surface area contributed by atoms with Crippen LogP contribution >= 0.6 is 0 Å². The number of amides is 1. The Morgan fingerprint density at radius 1 is 0.850 bits per heavy atom. The Kier molecular flexibility index (Phi) is 11.2. The topological polar surface area (TPSA) is 188 Å². The third kappa shape index (κ3) is 7.56. The largest absolute Gasteiger partial charge is 1.00 e. The minimum atomic E-state index is -5.28. The smallest absolute Gasteiger partial charge is 0.744 e. The maximum atomic E-state index is 12.8. The predicted octanol–water partition coefficient (Wildman–Crippen LogP) is -1.35. The number of hydrogen-bond donors (Lipinski definition) is 2. The van der Waals surface area contributed by atoms with Gasteiger partial charge in [-0.25, -0.2) is 16.8 Å². The van der Waals surface area contributed by atoms with Crippen molar-refractivity contribution in [2.45, 2.75) is 23.6 Å². The Labute approximate surface area is 274 Å². The van der Waals surface area contributed by atoms with Gasteiger partial charge >= 0.3 is 59.1 Å². The van der Waals surface area contributed by atoms with Crippen molar-refractivity contribution in [2.75, 3.05) is 5.32 Å². The molecular formula is C25H19N3Na2O8S2. The van der Waals surface area contributed by atoms with Gasteiger partial charge in [0.25, 0.3) is 5.91 Å². The van der Waals surface area contributed by atoms with E-state index < -0.39 is 47.4 Å². The van der Waals surface area contributed by atoms with Gasteiger partial charge in [-0.15, -0.1) is 5.11 Å². The maximum absolute atomic E-state index is 12.8. The van der Waals surface area contributed by atoms with E-state index in [1.165, 1.54) is 12.1 Å². The summed E-state index contributed by atoms with van der Waals surface area (Å²) in [6, 6.07) is 15.4. The molecule has 0 radical (unpaired) electrons. The Hall–Kier alpha value is -2.17. The van der Waals surface area contributed by atoms with Gasteiger partial charge in [-0.2, -0.15) is 5.11 Å². The fraction of sp³-hybridized carbons (Fsp3) is 0.0800. The minimum Gasteiger partial charge on any atom is -0.744 e. The Bertz CT molecular complexity index is 1850. The summed E-state index contributed by atoms with van der Waals surface area (Å²) < 4.78 is 71.7. The van der Waals surface area contributed by atoms with Crippen molar-refractivity contribution in [3.8, 4) is 5.75 Å². The molecule has 0 aromatic heterocycles. The van der Waals surface area contributed by atoms with Gasteiger partial charge in [0.1, 0.15) is 25.9 Å². The second-order valence-electron chi connectivity index (χ2n) is 8.36. The second-order valence-corrected chi connectivity index (χ2v) is 11.1. The average Bonchev–Trinajstić information content (AvgIpc) is 2.84. The van der Waals surface area contributed by atoms with Crippen molar-refractivity contribution < 1.29 is 95.0 Å². The molecule has 0 saturated carbocycles. The van der Waals surface area contributed by atoms with E-state index in [1.807, 2.05) is 6.07 Å². The van der Waals surface area contributed by atoms with Crippen molar-refractivity contribution in [1.82, 2.24) is 0 Å². The molecule has 40 heavy (non-hydrogen) atoms. The van der Waals surface area contributed by atoms with Crippen LogP contribution in [0, 0.1) is 13.8 Å². The van der Waals surface area contributed by atoms with Crippen LogP contribution in [0.1, 0.15) is 21.5 Å². The first-order chi connectivity index (χ1) is 17.8. The zero-order chi connectivity index (χ0) is 27.8. The van der Waals surface area contributed by atoms with E-state index in [4.69, 9.17) is 0 Å². The van der Waals surface area contributed by atoms with E-state index in [-0.39, 0.29) is 81.1 Å². The SMILES string of the molecule is Cc1ccc(C)c(N=Nc2c(S(=O)(=O)[O-])cc3cc(S(=O)(=O)[O-])cc(NC(=O)c4ccccc4)c3c2O)c1.[Na+].[Na+]. The molecule has 0 atom stereocenters. The first-order valence-electron chi connectivity index (χ1n) is 10.9. The summed E-state index contributed by atoms with van der Waals surface area (Å²) in [7, 11) is -10.4. The Morgan fingerprint density at radius 2 is 1.50 bits per heavy atom. The molecule has 4 aromatic rings. The number of benzene rings is 4. The summed E-state index contributed by atoms with van der Waals surface area (Å²) in [5.74, 6) is -1.59. The Morgan fingerprint density at radius 3 is 2.10 bits per heavy atom. The molecule has 0 aliphatic carbocycles. The summed E-state index contributed by atoms with van der Waals surface area (Å²) in [4.78, 5) is 11.0. The van der Waals surface area contributed by atoms with Gasteiger partial charge in [-0.3, -0.25) is 4.79 Å². The summed E-state index contributed by atoms with van der Waals surface area (Å²) in [5.41, 5.74) is 0.949. The van der Waals surface area contributed by atoms with E-state index in [2.05, 4.69) is 15.5 Å². The molecule has 1 amide bonds. The van der Waals surface area contributed by atoms with Crippen LogP contribution in [0.5, 0.6) is 5.75 Å². The molecule has 11 nitrogen and oxygen atoms in total. The van der Waals surface area contributed by atoms with Gasteiger partial charge in [0.2, 0.25) is 0 Å². The normalized spacial score (nSPS) is 11.6. The van der Waals surface area contributed by atoms with Gasteiger partial charge in [0.05, 0.1) is 21.2 Å². The fourth-order valence-electron chi connectivity index (χ4n) is 3.71. The van der Waals surface area contributed by atoms with E-state index in [9.17, 15) is 35.8 Å². The molecule has 0 spiro atoms. The summed E-state index contributed by atoms with van der Waals surface area (Å²) in [6.07, 6.45) is 0. The van der Waals surface area contributed by atoms with Crippen molar-refractivity contribution in [1.29, 1.82) is 0 Å². The van der Waals surface area contributed by atoms with Gasteiger partial charge in [0.15, 0.2) is 5.75 Å². The van der Waals surface area contributed by atoms with Gasteiger partial charge in [0, 0.05) is 10.9 Å². The zero-order valence-electron chi connectivity index (χ0n) is 21.9. The molecule has 4 rings (SSSR count). The molecule has 0 saturated heterocycles. The van der Waals surface area contributed by atoms with Gasteiger partial charge < -0.3 is 19.5 Å². The third-order valence-electron chi connectivity index (χ3n) is 5.59. The number of anilines is 1. The van der Waals surface area contributed by atoms with Crippen LogP contribution in [-0.2, 0) is 20.2 Å². The summed E-state index contributed by atoms with van der Waals surface area (Å²) in [5, 5.41) is 20.8. The maximum Gasteiger partial charge on any atom is 1.00 e. The number of nitrogens with one attached hydrogen (secondary N) is 1. The summed E-state index contributed by atoms with van der Waals surface area (Å²) in [6.45, 7) is 3.52. The molecule has 4 aromatic carbocycles. The molecule has 196 valence electrons.